The number of amides is 3. The van der Waals surface area contributed by atoms with Crippen LogP contribution < -0.4 is 15.4 Å². The molecule has 16 heteroatoms. The first kappa shape index (κ1) is 27.1. The van der Waals surface area contributed by atoms with E-state index in [-0.39, 0.29) is 25.2 Å². The molecule has 1 atom stereocenters. The van der Waals surface area contributed by atoms with Gasteiger partial charge in [0.25, 0.3) is 12.3 Å². The van der Waals surface area contributed by atoms with Crippen LogP contribution in [-0.2, 0) is 26.2 Å². The van der Waals surface area contributed by atoms with Gasteiger partial charge in [0, 0.05) is 44.1 Å². The molecule has 0 bridgehead atoms. The van der Waals surface area contributed by atoms with Crippen LogP contribution in [0.5, 0.6) is 0 Å². The number of halogens is 5. The summed E-state index contributed by atoms with van der Waals surface area (Å²) in [6.07, 6.45) is -2.52. The highest BCUT2D eigenvalue weighted by Crippen LogP contribution is 2.25. The highest BCUT2D eigenvalue weighted by molar-refractivity contribution is 7.89. The van der Waals surface area contributed by atoms with Gasteiger partial charge in [0.2, 0.25) is 10.0 Å². The van der Waals surface area contributed by atoms with Crippen LogP contribution >= 0.6 is 0 Å². The van der Waals surface area contributed by atoms with E-state index in [9.17, 15) is 40.4 Å². The van der Waals surface area contributed by atoms with Gasteiger partial charge in [-0.05, 0) is 18.6 Å². The Labute approximate surface area is 201 Å². The van der Waals surface area contributed by atoms with Crippen molar-refractivity contribution in [3.8, 4) is 0 Å². The number of carbonyl (C=O) groups excluding carboxylic acids is 3. The summed E-state index contributed by atoms with van der Waals surface area (Å²) in [6, 6.07) is 1.23. The van der Waals surface area contributed by atoms with Gasteiger partial charge < -0.3 is 20.1 Å². The highest BCUT2D eigenvalue weighted by atomic mass is 32.2. The quantitative estimate of drug-likeness (QED) is 0.359. The Morgan fingerprint density at radius 1 is 1.14 bits per heavy atom. The van der Waals surface area contributed by atoms with Gasteiger partial charge in [-0.2, -0.15) is 0 Å². The number of carbonyl (C=O) groups is 3. The smallest absolute Gasteiger partial charge is 0.311 e. The van der Waals surface area contributed by atoms with Gasteiger partial charge in [-0.3, -0.25) is 14.4 Å². The Bertz CT molecular complexity index is 1300. The lowest BCUT2D eigenvalue weighted by Crippen LogP contribution is -2.43. The predicted octanol–water partition coefficient (Wildman–Crippen LogP) is 1.05. The summed E-state index contributed by atoms with van der Waals surface area (Å²) in [7, 11) is -3.48. The predicted molar refractivity (Wildman–Crippen MR) is 114 cm³/mol. The number of rotatable bonds is 7. The van der Waals surface area contributed by atoms with Gasteiger partial charge in [-0.25, -0.2) is 35.1 Å². The Kier molecular flexibility index (Phi) is 7.98. The van der Waals surface area contributed by atoms with E-state index in [1.165, 1.54) is 7.05 Å². The van der Waals surface area contributed by atoms with Crippen molar-refractivity contribution in [3.63, 3.8) is 0 Å². The second kappa shape index (κ2) is 10.6. The molecular formula is C20H20F5N5O5S. The minimum absolute atomic E-state index is 0.0240. The second-order valence-corrected chi connectivity index (χ2v) is 9.40. The Morgan fingerprint density at radius 2 is 1.83 bits per heavy atom. The Morgan fingerprint density at radius 3 is 2.44 bits per heavy atom. The third-order valence-electron chi connectivity index (χ3n) is 5.22. The molecule has 0 radical (unpaired) electrons. The van der Waals surface area contributed by atoms with Crippen LogP contribution in [0.2, 0.25) is 0 Å². The number of likely N-dealkylation sites (tertiary alicyclic amines) is 1. The molecule has 2 heterocycles. The molecule has 3 rings (SSSR count). The molecule has 3 amide bonds. The summed E-state index contributed by atoms with van der Waals surface area (Å²) < 4.78 is 96.0. The molecule has 196 valence electrons. The zero-order chi connectivity index (χ0) is 26.8. The fourth-order valence-corrected chi connectivity index (χ4v) is 4.91. The molecular weight excluding hydrogens is 517 g/mol. The van der Waals surface area contributed by atoms with Crippen molar-refractivity contribution < 1.29 is 44.8 Å². The number of anilines is 1. The summed E-state index contributed by atoms with van der Waals surface area (Å²) in [5.41, 5.74) is -1.42. The maximum absolute atomic E-state index is 15.2. The molecule has 0 spiro atoms. The highest BCUT2D eigenvalue weighted by Gasteiger charge is 2.35. The van der Waals surface area contributed by atoms with Gasteiger partial charge >= 0.3 is 11.8 Å². The normalized spacial score (nSPS) is 15.9. The van der Waals surface area contributed by atoms with Crippen molar-refractivity contribution in [2.75, 3.05) is 25.5 Å². The van der Waals surface area contributed by atoms with Gasteiger partial charge in [-0.1, -0.05) is 0 Å². The molecule has 10 nitrogen and oxygen atoms in total. The van der Waals surface area contributed by atoms with Crippen molar-refractivity contribution in [2.45, 2.75) is 30.3 Å². The molecule has 1 saturated heterocycles. The zero-order valence-corrected chi connectivity index (χ0v) is 19.3. The van der Waals surface area contributed by atoms with Crippen LogP contribution in [0.15, 0.2) is 29.3 Å². The van der Waals surface area contributed by atoms with Crippen LogP contribution in [-0.4, -0.2) is 68.2 Å². The Balaban J connectivity index is 1.86. The van der Waals surface area contributed by atoms with E-state index in [1.807, 2.05) is 5.32 Å². The number of hydrogen-bond donors (Lipinski definition) is 3. The van der Waals surface area contributed by atoms with E-state index < -0.39 is 74.8 Å². The lowest BCUT2D eigenvalue weighted by atomic mass is 10.3. The minimum Gasteiger partial charge on any atom is -0.351 e. The molecule has 3 N–H and O–H groups in total. The van der Waals surface area contributed by atoms with Crippen LogP contribution in [0, 0.1) is 17.5 Å². The standard InChI is InChI=1S/C20H20F5N5O5S/c1-26-19(32)20(33)29-5-4-11(7-29)28-36(34,35)14-8-30(9-15(23)24)17(16(14)25)18(31)27-10-2-3-12(21)13(22)6-10/h2-3,6,8,11,15,28H,4-5,7,9H2,1H3,(H,26,32)(H,27,31)/t11-/m1/s1. The number of nitrogens with zero attached hydrogens (tertiary/aromatic N) is 2. The van der Waals surface area contributed by atoms with E-state index in [0.29, 0.717) is 22.9 Å². The van der Waals surface area contributed by atoms with Gasteiger partial charge in [-0.15, -0.1) is 0 Å². The van der Waals surface area contributed by atoms with Gasteiger partial charge in [0.15, 0.2) is 17.5 Å². The van der Waals surface area contributed by atoms with E-state index >= 15 is 4.39 Å². The molecule has 0 saturated carbocycles. The van der Waals surface area contributed by atoms with E-state index in [1.54, 1.807) is 0 Å². The average molecular weight is 537 g/mol. The van der Waals surface area contributed by atoms with Crippen molar-refractivity contribution in [1.82, 2.24) is 19.5 Å². The van der Waals surface area contributed by atoms with Crippen molar-refractivity contribution in [3.05, 3.63) is 47.5 Å². The lowest BCUT2D eigenvalue weighted by Gasteiger charge is -2.16. The topological polar surface area (TPSA) is 130 Å². The SMILES string of the molecule is CNC(=O)C(=O)N1CC[C@@H](NS(=O)(=O)c2cn(CC(F)F)c(C(=O)Nc3ccc(F)c(F)c3)c2F)C1. The van der Waals surface area contributed by atoms with Gasteiger partial charge in [0.1, 0.15) is 10.6 Å². The van der Waals surface area contributed by atoms with E-state index in [4.69, 9.17) is 0 Å². The first-order valence-electron chi connectivity index (χ1n) is 10.3. The molecule has 0 unspecified atom stereocenters. The summed E-state index contributed by atoms with van der Waals surface area (Å²) in [5.74, 6) is -7.43. The lowest BCUT2D eigenvalue weighted by molar-refractivity contribution is -0.144. The maximum Gasteiger partial charge on any atom is 0.311 e. The number of likely N-dealkylation sites (N-methyl/N-ethyl adjacent to an activating group) is 1. The van der Waals surface area contributed by atoms with Crippen molar-refractivity contribution >= 4 is 33.4 Å². The Hall–Kier alpha value is -3.53. The molecule has 1 aromatic carbocycles. The summed E-state index contributed by atoms with van der Waals surface area (Å²) in [6.45, 7) is -1.44. The average Bonchev–Trinajstić information content (AvgIpc) is 3.38. The molecule has 0 aliphatic carbocycles. The molecule has 1 aliphatic rings. The molecule has 1 aromatic heterocycles. The number of benzene rings is 1. The number of sulfonamides is 1. The fraction of sp³-hybridized carbons (Fsp3) is 0.350. The third-order valence-corrected chi connectivity index (χ3v) is 6.73. The van der Waals surface area contributed by atoms with Crippen LogP contribution in [0.25, 0.3) is 0 Å². The van der Waals surface area contributed by atoms with Gasteiger partial charge in [0.05, 0.1) is 6.54 Å². The van der Waals surface area contributed by atoms with Crippen LogP contribution in [0.3, 0.4) is 0 Å². The summed E-state index contributed by atoms with van der Waals surface area (Å²) in [4.78, 5) is 36.0. The number of nitrogens with one attached hydrogen (secondary N) is 3. The fourth-order valence-electron chi connectivity index (χ4n) is 3.55. The monoisotopic (exact) mass is 537 g/mol. The van der Waals surface area contributed by atoms with Crippen LogP contribution in [0.1, 0.15) is 16.9 Å². The zero-order valence-electron chi connectivity index (χ0n) is 18.5. The maximum atomic E-state index is 15.2. The first-order chi connectivity index (χ1) is 16.8. The first-order valence-corrected chi connectivity index (χ1v) is 11.8. The van der Waals surface area contributed by atoms with Crippen molar-refractivity contribution in [2.24, 2.45) is 0 Å². The number of alkyl halides is 2. The van der Waals surface area contributed by atoms with Crippen LogP contribution in [0.4, 0.5) is 27.6 Å². The third kappa shape index (κ3) is 5.81. The molecule has 1 fully saturated rings. The summed E-state index contributed by atoms with van der Waals surface area (Å²) in [5, 5.41) is 4.14. The van der Waals surface area contributed by atoms with Crippen molar-refractivity contribution in [1.29, 1.82) is 0 Å². The van der Waals surface area contributed by atoms with E-state index in [2.05, 4.69) is 10.0 Å². The molecule has 36 heavy (non-hydrogen) atoms. The molecule has 1 aliphatic heterocycles. The molecule has 2 aromatic rings. The number of aromatic nitrogens is 1. The summed E-state index contributed by atoms with van der Waals surface area (Å²) >= 11 is 0. The van der Waals surface area contributed by atoms with E-state index in [0.717, 1.165) is 11.0 Å². The minimum atomic E-state index is -4.72. The number of hydrogen-bond acceptors (Lipinski definition) is 5. The largest absolute Gasteiger partial charge is 0.351 e. The second-order valence-electron chi connectivity index (χ2n) is 7.72.